The summed E-state index contributed by atoms with van der Waals surface area (Å²) in [7, 11) is 3.17. The fourth-order valence-electron chi connectivity index (χ4n) is 2.73. The van der Waals surface area contributed by atoms with Gasteiger partial charge in [0.25, 0.3) is 0 Å². The van der Waals surface area contributed by atoms with Crippen LogP contribution in [0.25, 0.3) is 22.8 Å². The van der Waals surface area contributed by atoms with Crippen molar-refractivity contribution in [2.75, 3.05) is 20.1 Å². The first-order valence-corrected chi connectivity index (χ1v) is 10.5. The lowest BCUT2D eigenvalue weighted by Crippen LogP contribution is -2.11. The summed E-state index contributed by atoms with van der Waals surface area (Å²) in [5, 5.41) is 12.9. The highest BCUT2D eigenvalue weighted by Crippen LogP contribution is 2.33. The number of nitrogens with zero attached hydrogens (tertiary/aromatic N) is 5. The van der Waals surface area contributed by atoms with Crippen molar-refractivity contribution in [1.82, 2.24) is 25.0 Å². The SMILES string of the molecule is COc1ccc(-c2noc(CSc3nnc(-c4ccccc4Br)n3N)n2)c(OC)c1. The van der Waals surface area contributed by atoms with Gasteiger partial charge in [0.1, 0.15) is 11.5 Å². The third-order valence-electron chi connectivity index (χ3n) is 4.22. The smallest absolute Gasteiger partial charge is 0.237 e. The second-order valence-corrected chi connectivity index (χ2v) is 7.82. The molecule has 0 fully saturated rings. The molecule has 30 heavy (non-hydrogen) atoms. The van der Waals surface area contributed by atoms with E-state index in [2.05, 4.69) is 36.3 Å². The van der Waals surface area contributed by atoms with Crippen molar-refractivity contribution >= 4 is 27.7 Å². The maximum Gasteiger partial charge on any atom is 0.237 e. The number of hydrogen-bond acceptors (Lipinski definition) is 9. The monoisotopic (exact) mass is 488 g/mol. The summed E-state index contributed by atoms with van der Waals surface area (Å²) >= 11 is 4.85. The molecule has 154 valence electrons. The van der Waals surface area contributed by atoms with Crippen LogP contribution in [0, 0.1) is 0 Å². The van der Waals surface area contributed by atoms with Gasteiger partial charge in [-0.05, 0) is 24.3 Å². The molecule has 0 amide bonds. The van der Waals surface area contributed by atoms with Crippen molar-refractivity contribution in [2.45, 2.75) is 10.9 Å². The highest BCUT2D eigenvalue weighted by Gasteiger charge is 2.17. The molecule has 0 unspecified atom stereocenters. The Morgan fingerprint density at radius 1 is 1.10 bits per heavy atom. The second kappa shape index (κ2) is 8.76. The van der Waals surface area contributed by atoms with Gasteiger partial charge in [-0.3, -0.25) is 0 Å². The molecule has 0 radical (unpaired) electrons. The predicted molar refractivity (Wildman–Crippen MR) is 116 cm³/mol. The molecule has 0 saturated carbocycles. The number of nitrogens with two attached hydrogens (primary N) is 1. The van der Waals surface area contributed by atoms with Crippen molar-refractivity contribution in [3.05, 3.63) is 52.8 Å². The van der Waals surface area contributed by atoms with Gasteiger partial charge in [0, 0.05) is 16.1 Å². The number of nitrogen functional groups attached to an aromatic ring is 1. The Hall–Kier alpha value is -3.05. The molecule has 11 heteroatoms. The Balaban J connectivity index is 1.50. The molecule has 0 spiro atoms. The van der Waals surface area contributed by atoms with E-state index >= 15 is 0 Å². The Bertz CT molecular complexity index is 1180. The average molecular weight is 489 g/mol. The average Bonchev–Trinajstić information content (AvgIpc) is 3.39. The van der Waals surface area contributed by atoms with Gasteiger partial charge in [0.05, 0.1) is 25.5 Å². The number of ether oxygens (including phenoxy) is 2. The summed E-state index contributed by atoms with van der Waals surface area (Å²) in [6.45, 7) is 0. The fraction of sp³-hybridized carbons (Fsp3) is 0.158. The first-order valence-electron chi connectivity index (χ1n) is 8.74. The summed E-state index contributed by atoms with van der Waals surface area (Å²) in [6.07, 6.45) is 0. The zero-order chi connectivity index (χ0) is 21.1. The molecular formula is C19H17BrN6O3S. The number of rotatable bonds is 7. The van der Waals surface area contributed by atoms with Crippen LogP contribution < -0.4 is 15.3 Å². The van der Waals surface area contributed by atoms with Crippen LogP contribution in [-0.4, -0.2) is 39.2 Å². The summed E-state index contributed by atoms with van der Waals surface area (Å²) in [6, 6.07) is 13.1. The predicted octanol–water partition coefficient (Wildman–Crippen LogP) is 3.78. The van der Waals surface area contributed by atoms with Crippen molar-refractivity contribution in [3.8, 4) is 34.3 Å². The van der Waals surface area contributed by atoms with Gasteiger partial charge in [-0.15, -0.1) is 10.2 Å². The second-order valence-electron chi connectivity index (χ2n) is 6.02. The lowest BCUT2D eigenvalue weighted by molar-refractivity contribution is 0.388. The molecule has 2 heterocycles. The van der Waals surface area contributed by atoms with E-state index in [1.807, 2.05) is 36.4 Å². The summed E-state index contributed by atoms with van der Waals surface area (Å²) < 4.78 is 18.3. The van der Waals surface area contributed by atoms with Crippen LogP contribution in [0.15, 0.2) is 56.6 Å². The molecule has 4 rings (SSSR count). The largest absolute Gasteiger partial charge is 0.497 e. The van der Waals surface area contributed by atoms with E-state index in [4.69, 9.17) is 19.8 Å². The van der Waals surface area contributed by atoms with E-state index in [0.717, 1.165) is 10.0 Å². The lowest BCUT2D eigenvalue weighted by atomic mass is 10.2. The van der Waals surface area contributed by atoms with Gasteiger partial charge in [-0.2, -0.15) is 4.98 Å². The lowest BCUT2D eigenvalue weighted by Gasteiger charge is -2.07. The summed E-state index contributed by atoms with van der Waals surface area (Å²) in [4.78, 5) is 4.44. The molecule has 0 aliphatic carbocycles. The van der Waals surface area contributed by atoms with E-state index in [-0.39, 0.29) is 0 Å². The molecule has 9 nitrogen and oxygen atoms in total. The Morgan fingerprint density at radius 2 is 1.93 bits per heavy atom. The van der Waals surface area contributed by atoms with Gasteiger partial charge < -0.3 is 19.8 Å². The standard InChI is InChI=1S/C19H17BrN6O3S/c1-27-11-7-8-13(15(9-11)28-2)17-22-16(29-25-17)10-30-19-24-23-18(26(19)21)12-5-3-4-6-14(12)20/h3-9H,10,21H2,1-2H3. The Morgan fingerprint density at radius 3 is 2.70 bits per heavy atom. The van der Waals surface area contributed by atoms with E-state index in [1.165, 1.54) is 16.4 Å². The van der Waals surface area contributed by atoms with E-state index in [1.54, 1.807) is 20.3 Å². The molecule has 0 aliphatic rings. The fourth-order valence-corrected chi connectivity index (χ4v) is 3.89. The Labute approximate surface area is 184 Å². The minimum Gasteiger partial charge on any atom is -0.497 e. The van der Waals surface area contributed by atoms with Crippen molar-refractivity contribution in [2.24, 2.45) is 0 Å². The number of halogens is 1. The number of benzene rings is 2. The van der Waals surface area contributed by atoms with Crippen molar-refractivity contribution < 1.29 is 14.0 Å². The maximum absolute atomic E-state index is 6.18. The summed E-state index contributed by atoms with van der Waals surface area (Å²) in [5.74, 6) is 9.25. The minimum absolute atomic E-state index is 0.386. The van der Waals surface area contributed by atoms with E-state index < -0.39 is 0 Å². The molecule has 2 N–H and O–H groups in total. The zero-order valence-corrected chi connectivity index (χ0v) is 18.5. The molecule has 0 aliphatic heterocycles. The van der Waals surface area contributed by atoms with Crippen LogP contribution in [0.2, 0.25) is 0 Å². The van der Waals surface area contributed by atoms with Gasteiger partial charge in [-0.25, -0.2) is 4.68 Å². The zero-order valence-electron chi connectivity index (χ0n) is 16.1. The minimum atomic E-state index is 0.386. The third-order valence-corrected chi connectivity index (χ3v) is 5.84. The summed E-state index contributed by atoms with van der Waals surface area (Å²) in [5.41, 5.74) is 1.56. The number of aromatic nitrogens is 5. The van der Waals surface area contributed by atoms with E-state index in [9.17, 15) is 0 Å². The molecule has 2 aromatic heterocycles. The first-order chi connectivity index (χ1) is 14.6. The molecule has 4 aromatic rings. The normalized spacial score (nSPS) is 10.9. The van der Waals surface area contributed by atoms with Gasteiger partial charge in [0.2, 0.25) is 16.9 Å². The van der Waals surface area contributed by atoms with E-state index in [0.29, 0.717) is 45.5 Å². The van der Waals surface area contributed by atoms with Crippen LogP contribution in [0.4, 0.5) is 0 Å². The van der Waals surface area contributed by atoms with Crippen molar-refractivity contribution in [1.29, 1.82) is 0 Å². The molecule has 0 atom stereocenters. The molecule has 0 bridgehead atoms. The van der Waals surface area contributed by atoms with Crippen LogP contribution in [-0.2, 0) is 5.75 Å². The molecule has 2 aromatic carbocycles. The highest BCUT2D eigenvalue weighted by molar-refractivity contribution is 9.10. The molecule has 0 saturated heterocycles. The quantitative estimate of drug-likeness (QED) is 0.306. The van der Waals surface area contributed by atoms with Crippen molar-refractivity contribution in [3.63, 3.8) is 0 Å². The first kappa shape index (κ1) is 20.2. The van der Waals surface area contributed by atoms with Crippen LogP contribution >= 0.6 is 27.7 Å². The van der Waals surface area contributed by atoms with Gasteiger partial charge >= 0.3 is 0 Å². The van der Waals surface area contributed by atoms with Crippen LogP contribution in [0.5, 0.6) is 11.5 Å². The number of hydrogen-bond donors (Lipinski definition) is 1. The topological polar surface area (TPSA) is 114 Å². The van der Waals surface area contributed by atoms with Crippen LogP contribution in [0.1, 0.15) is 5.89 Å². The Kier molecular flexibility index (Phi) is 5.91. The maximum atomic E-state index is 6.18. The van der Waals surface area contributed by atoms with Crippen LogP contribution in [0.3, 0.4) is 0 Å². The number of thioether (sulfide) groups is 1. The third kappa shape index (κ3) is 3.98. The highest BCUT2D eigenvalue weighted by atomic mass is 79.9. The van der Waals surface area contributed by atoms with Gasteiger partial charge in [-0.1, -0.05) is 45.0 Å². The van der Waals surface area contributed by atoms with Gasteiger partial charge in [0.15, 0.2) is 5.82 Å². The number of methoxy groups -OCH3 is 2. The molecular weight excluding hydrogens is 472 g/mol.